The molecule has 44 heavy (non-hydrogen) atoms. The number of aliphatic hydroxyl groups excluding tert-OH is 1. The predicted octanol–water partition coefficient (Wildman–Crippen LogP) is 6.54. The highest BCUT2D eigenvalue weighted by Gasteiger charge is 2.46. The zero-order valence-corrected chi connectivity index (χ0v) is 24.6. The van der Waals surface area contributed by atoms with Gasteiger partial charge in [-0.1, -0.05) is 82.9 Å². The highest BCUT2D eigenvalue weighted by Crippen LogP contribution is 2.35. The van der Waals surface area contributed by atoms with Gasteiger partial charge in [0, 0.05) is 27.3 Å². The van der Waals surface area contributed by atoms with E-state index in [-0.39, 0.29) is 19.6 Å². The summed E-state index contributed by atoms with van der Waals surface area (Å²) in [6.45, 7) is 3.93. The molecule has 15 nitrogen and oxygen atoms in total. The summed E-state index contributed by atoms with van der Waals surface area (Å²) in [7, 11) is 0. The first kappa shape index (κ1) is 32.4. The van der Waals surface area contributed by atoms with Crippen molar-refractivity contribution >= 4 is 6.09 Å². The molecule has 0 spiro atoms. The second-order valence-electron chi connectivity index (χ2n) is 11.0. The van der Waals surface area contributed by atoms with Crippen molar-refractivity contribution in [3.05, 3.63) is 103 Å². The first-order valence-electron chi connectivity index (χ1n) is 14.5. The summed E-state index contributed by atoms with van der Waals surface area (Å²) < 4.78 is 18.3. The third-order valence-electron chi connectivity index (χ3n) is 8.27. The summed E-state index contributed by atoms with van der Waals surface area (Å²) in [4.78, 5) is 23.8. The first-order chi connectivity index (χ1) is 21.4. The molecule has 0 aromatic heterocycles. The molecule has 1 aliphatic heterocycles. The zero-order valence-electron chi connectivity index (χ0n) is 24.6. The van der Waals surface area contributed by atoms with E-state index in [4.69, 9.17) is 19.7 Å². The number of nitrogens with zero attached hydrogens (tertiary/aromatic N) is 10. The van der Waals surface area contributed by atoms with E-state index >= 15 is 0 Å². The van der Waals surface area contributed by atoms with Gasteiger partial charge in [-0.05, 0) is 59.8 Å². The van der Waals surface area contributed by atoms with Crippen molar-refractivity contribution in [3.63, 3.8) is 0 Å². The van der Waals surface area contributed by atoms with Crippen LogP contribution in [-0.2, 0) is 27.4 Å². The van der Waals surface area contributed by atoms with Crippen LogP contribution in [-0.4, -0.2) is 64.9 Å². The standard InChI is InChI=1S/C29H36N10O5/c1-18-23(34-37-31)15-24(35-38-32)27(26(18)40)44-28-22(33-36-30)13-14-25(43-28)19(2)39(16-20-9-5-3-6-10-20)29(41)42-17-21-11-7-4-8-12-21/h3-12,18-19,22-28,40H,13-17H2,1-2H3. The average molecular weight is 605 g/mol. The van der Waals surface area contributed by atoms with Crippen LogP contribution >= 0.6 is 0 Å². The van der Waals surface area contributed by atoms with Crippen LogP contribution in [0.2, 0.25) is 0 Å². The topological polar surface area (TPSA) is 215 Å². The van der Waals surface area contributed by atoms with Crippen molar-refractivity contribution in [2.24, 2.45) is 21.3 Å². The normalized spacial score (nSPS) is 28.7. The van der Waals surface area contributed by atoms with Gasteiger partial charge in [-0.15, -0.1) is 0 Å². The van der Waals surface area contributed by atoms with Gasteiger partial charge in [-0.25, -0.2) is 4.79 Å². The summed E-state index contributed by atoms with van der Waals surface area (Å²) in [6, 6.07) is 16.2. The minimum atomic E-state index is -1.16. The van der Waals surface area contributed by atoms with E-state index in [0.29, 0.717) is 12.8 Å². The highest BCUT2D eigenvalue weighted by atomic mass is 16.7. The van der Waals surface area contributed by atoms with Gasteiger partial charge in [0.2, 0.25) is 0 Å². The minimum Gasteiger partial charge on any atom is -0.445 e. The van der Waals surface area contributed by atoms with Gasteiger partial charge in [-0.2, -0.15) is 0 Å². The van der Waals surface area contributed by atoms with Crippen LogP contribution in [0.3, 0.4) is 0 Å². The molecular formula is C29H36N10O5. The van der Waals surface area contributed by atoms with Crippen LogP contribution in [0.4, 0.5) is 4.79 Å². The molecule has 0 bridgehead atoms. The summed E-state index contributed by atoms with van der Waals surface area (Å²) in [5.41, 5.74) is 29.1. The summed E-state index contributed by atoms with van der Waals surface area (Å²) in [6.07, 6.45) is -3.36. The number of amides is 1. The smallest absolute Gasteiger partial charge is 0.410 e. The fourth-order valence-electron chi connectivity index (χ4n) is 5.69. The van der Waals surface area contributed by atoms with E-state index in [1.807, 2.05) is 67.6 Å². The SMILES string of the molecule is CC1C(N=[N+]=[N-])CC(N=[N+]=[N-])C(OC2OC(C(C)N(Cc3ccccc3)C(=O)OCc3ccccc3)CCC2N=[N+]=[N-])C1O. The van der Waals surface area contributed by atoms with Crippen molar-refractivity contribution in [1.82, 2.24) is 4.90 Å². The Morgan fingerprint density at radius 3 is 2.18 bits per heavy atom. The van der Waals surface area contributed by atoms with Gasteiger partial charge >= 0.3 is 6.09 Å². The molecule has 1 saturated carbocycles. The van der Waals surface area contributed by atoms with E-state index in [2.05, 4.69) is 30.1 Å². The molecular weight excluding hydrogens is 568 g/mol. The summed E-state index contributed by atoms with van der Waals surface area (Å²) in [5.74, 6) is -0.502. The van der Waals surface area contributed by atoms with Crippen molar-refractivity contribution in [2.75, 3.05) is 0 Å². The van der Waals surface area contributed by atoms with E-state index in [0.717, 1.165) is 11.1 Å². The van der Waals surface area contributed by atoms with E-state index in [1.165, 1.54) is 0 Å². The maximum absolute atomic E-state index is 13.5. The fraction of sp³-hybridized carbons (Fsp3) is 0.552. The molecule has 1 aliphatic carbocycles. The van der Waals surface area contributed by atoms with Crippen LogP contribution in [0.5, 0.6) is 0 Å². The average Bonchev–Trinajstić information content (AvgIpc) is 3.04. The highest BCUT2D eigenvalue weighted by molar-refractivity contribution is 5.68. The van der Waals surface area contributed by atoms with Crippen LogP contribution < -0.4 is 0 Å². The number of carbonyl (C=O) groups is 1. The molecule has 4 rings (SSSR count). The lowest BCUT2D eigenvalue weighted by Crippen LogP contribution is -2.56. The Morgan fingerprint density at radius 2 is 1.55 bits per heavy atom. The third kappa shape index (κ3) is 8.12. The molecule has 15 heteroatoms. The largest absolute Gasteiger partial charge is 0.445 e. The lowest BCUT2D eigenvalue weighted by Gasteiger charge is -2.45. The lowest BCUT2D eigenvalue weighted by atomic mass is 9.79. The number of carbonyl (C=O) groups excluding carboxylic acids is 1. The molecule has 2 fully saturated rings. The fourth-order valence-corrected chi connectivity index (χ4v) is 5.69. The monoisotopic (exact) mass is 604 g/mol. The van der Waals surface area contributed by atoms with Gasteiger partial charge in [-0.3, -0.25) is 4.90 Å². The van der Waals surface area contributed by atoms with Crippen LogP contribution in [0.25, 0.3) is 31.3 Å². The Kier molecular flexibility index (Phi) is 11.7. The summed E-state index contributed by atoms with van der Waals surface area (Å²) in [5, 5.41) is 22.5. The van der Waals surface area contributed by atoms with Gasteiger partial charge in [0.15, 0.2) is 6.29 Å². The first-order valence-corrected chi connectivity index (χ1v) is 14.5. The Morgan fingerprint density at radius 1 is 0.955 bits per heavy atom. The van der Waals surface area contributed by atoms with Crippen molar-refractivity contribution in [1.29, 1.82) is 0 Å². The quantitative estimate of drug-likeness (QED) is 0.171. The predicted molar refractivity (Wildman–Crippen MR) is 159 cm³/mol. The second-order valence-corrected chi connectivity index (χ2v) is 11.0. The molecule has 9 unspecified atom stereocenters. The van der Waals surface area contributed by atoms with E-state index < -0.39 is 60.8 Å². The molecule has 2 aromatic rings. The molecule has 1 heterocycles. The molecule has 1 saturated heterocycles. The van der Waals surface area contributed by atoms with E-state index in [1.54, 1.807) is 11.8 Å². The molecule has 232 valence electrons. The number of hydrogen-bond donors (Lipinski definition) is 1. The van der Waals surface area contributed by atoms with Gasteiger partial charge in [0.1, 0.15) is 6.61 Å². The Hall–Kier alpha value is -4.48. The molecule has 1 N–H and O–H groups in total. The Bertz CT molecular complexity index is 1380. The number of ether oxygens (including phenoxy) is 3. The number of benzene rings is 2. The van der Waals surface area contributed by atoms with Crippen LogP contribution in [0, 0.1) is 5.92 Å². The number of hydrogen-bond acceptors (Lipinski definition) is 8. The van der Waals surface area contributed by atoms with Crippen molar-refractivity contribution in [2.45, 2.75) is 95.0 Å². The van der Waals surface area contributed by atoms with Crippen molar-refractivity contribution < 1.29 is 24.1 Å². The second kappa shape index (κ2) is 15.8. The number of aliphatic hydroxyl groups is 1. The van der Waals surface area contributed by atoms with Crippen molar-refractivity contribution in [3.8, 4) is 0 Å². The third-order valence-corrected chi connectivity index (χ3v) is 8.27. The molecule has 2 aliphatic rings. The summed E-state index contributed by atoms with van der Waals surface area (Å²) >= 11 is 0. The van der Waals surface area contributed by atoms with Gasteiger partial charge < -0.3 is 19.3 Å². The van der Waals surface area contributed by atoms with Crippen LogP contribution in [0.15, 0.2) is 76.0 Å². The van der Waals surface area contributed by atoms with E-state index in [9.17, 15) is 21.0 Å². The zero-order chi connectivity index (χ0) is 31.5. The molecule has 1 amide bonds. The van der Waals surface area contributed by atoms with Gasteiger partial charge in [0.25, 0.3) is 0 Å². The number of rotatable bonds is 11. The Labute approximate surface area is 254 Å². The maximum Gasteiger partial charge on any atom is 0.410 e. The molecule has 9 atom stereocenters. The number of azide groups is 3. The molecule has 2 aromatic carbocycles. The Balaban J connectivity index is 1.55. The molecule has 0 radical (unpaired) electrons. The lowest BCUT2D eigenvalue weighted by molar-refractivity contribution is -0.255. The van der Waals surface area contributed by atoms with Crippen LogP contribution in [0.1, 0.15) is 44.2 Å². The minimum absolute atomic E-state index is 0.100. The maximum atomic E-state index is 13.5. The van der Waals surface area contributed by atoms with Gasteiger partial charge in [0.05, 0.1) is 36.4 Å².